The van der Waals surface area contributed by atoms with Gasteiger partial charge in [-0.2, -0.15) is 0 Å². The van der Waals surface area contributed by atoms with Crippen LogP contribution in [-0.4, -0.2) is 27.2 Å². The molecule has 0 aromatic heterocycles. The minimum absolute atomic E-state index is 0.135. The zero-order chi connectivity index (χ0) is 12.8. The number of aryl methyl sites for hydroxylation is 1. The molecule has 1 atom stereocenters. The molecule has 0 saturated carbocycles. The Bertz CT molecular complexity index is 352. The molecule has 0 radical (unpaired) electrons. The van der Waals surface area contributed by atoms with Gasteiger partial charge in [-0.1, -0.05) is 13.3 Å². The van der Waals surface area contributed by atoms with Gasteiger partial charge in [0.1, 0.15) is 5.82 Å². The van der Waals surface area contributed by atoms with Crippen LogP contribution >= 0.6 is 0 Å². The van der Waals surface area contributed by atoms with Gasteiger partial charge in [-0.15, -0.1) is 0 Å². The van der Waals surface area contributed by atoms with Gasteiger partial charge in [-0.25, -0.2) is 4.39 Å². The molecule has 0 spiro atoms. The first kappa shape index (κ1) is 14.0. The van der Waals surface area contributed by atoms with Crippen molar-refractivity contribution in [2.75, 3.05) is 32.1 Å². The zero-order valence-electron chi connectivity index (χ0n) is 11.3. The largest absolute Gasteiger partial charge is 0.374 e. The van der Waals surface area contributed by atoms with Crippen LogP contribution in [0.1, 0.15) is 18.9 Å². The van der Waals surface area contributed by atoms with Crippen molar-refractivity contribution in [1.29, 1.82) is 0 Å². The summed E-state index contributed by atoms with van der Waals surface area (Å²) in [5.41, 5.74) is 1.79. The quantitative estimate of drug-likeness (QED) is 0.820. The third-order valence-corrected chi connectivity index (χ3v) is 3.18. The molecule has 0 saturated heterocycles. The van der Waals surface area contributed by atoms with E-state index in [0.717, 1.165) is 25.2 Å². The normalized spacial score (nSPS) is 12.5. The van der Waals surface area contributed by atoms with Crippen LogP contribution in [0.4, 0.5) is 10.1 Å². The van der Waals surface area contributed by atoms with E-state index in [9.17, 15) is 4.39 Å². The van der Waals surface area contributed by atoms with Gasteiger partial charge >= 0.3 is 0 Å². The lowest BCUT2D eigenvalue weighted by Gasteiger charge is -2.25. The lowest BCUT2D eigenvalue weighted by Crippen LogP contribution is -2.31. The molecule has 1 aromatic rings. The van der Waals surface area contributed by atoms with Crippen LogP contribution in [0.5, 0.6) is 0 Å². The Hall–Kier alpha value is -1.09. The fourth-order valence-electron chi connectivity index (χ4n) is 1.99. The van der Waals surface area contributed by atoms with Crippen molar-refractivity contribution < 1.29 is 4.39 Å². The van der Waals surface area contributed by atoms with Crippen molar-refractivity contribution in [3.05, 3.63) is 29.6 Å². The maximum Gasteiger partial charge on any atom is 0.126 e. The molecular weight excluding hydrogens is 215 g/mol. The summed E-state index contributed by atoms with van der Waals surface area (Å²) in [5.74, 6) is 0.486. The van der Waals surface area contributed by atoms with Gasteiger partial charge in [-0.05, 0) is 50.2 Å². The molecular formula is C14H23FN2. The van der Waals surface area contributed by atoms with E-state index in [0.29, 0.717) is 11.5 Å². The lowest BCUT2D eigenvalue weighted by atomic mass is 10.1. The van der Waals surface area contributed by atoms with Crippen LogP contribution in [0.25, 0.3) is 0 Å². The van der Waals surface area contributed by atoms with Crippen molar-refractivity contribution in [2.24, 2.45) is 5.92 Å². The van der Waals surface area contributed by atoms with Crippen LogP contribution in [0.3, 0.4) is 0 Å². The monoisotopic (exact) mass is 238 g/mol. The highest BCUT2D eigenvalue weighted by molar-refractivity contribution is 5.48. The van der Waals surface area contributed by atoms with Gasteiger partial charge in [0, 0.05) is 19.3 Å². The molecule has 1 N–H and O–H groups in total. The first-order valence-electron chi connectivity index (χ1n) is 6.20. The SMILES string of the molecule is CCC(CNC)CN(C)c1ccc(F)c(C)c1. The zero-order valence-corrected chi connectivity index (χ0v) is 11.3. The summed E-state index contributed by atoms with van der Waals surface area (Å²) in [7, 11) is 4.04. The maximum atomic E-state index is 13.2. The van der Waals surface area contributed by atoms with Gasteiger partial charge < -0.3 is 10.2 Å². The second kappa shape index (κ2) is 6.60. The Morgan fingerprint density at radius 3 is 2.65 bits per heavy atom. The summed E-state index contributed by atoms with van der Waals surface area (Å²) in [6, 6.07) is 5.29. The molecule has 17 heavy (non-hydrogen) atoms. The fraction of sp³-hybridized carbons (Fsp3) is 0.571. The lowest BCUT2D eigenvalue weighted by molar-refractivity contribution is 0.484. The van der Waals surface area contributed by atoms with Crippen LogP contribution < -0.4 is 10.2 Å². The van der Waals surface area contributed by atoms with Crippen molar-refractivity contribution in [2.45, 2.75) is 20.3 Å². The van der Waals surface area contributed by atoms with Gasteiger partial charge in [0.25, 0.3) is 0 Å². The molecule has 1 rings (SSSR count). The first-order chi connectivity index (χ1) is 8.08. The molecule has 1 unspecified atom stereocenters. The number of rotatable bonds is 6. The van der Waals surface area contributed by atoms with Crippen LogP contribution in [0.15, 0.2) is 18.2 Å². The topological polar surface area (TPSA) is 15.3 Å². The van der Waals surface area contributed by atoms with Crippen molar-refractivity contribution in [3.8, 4) is 0 Å². The fourth-order valence-corrected chi connectivity index (χ4v) is 1.99. The van der Waals surface area contributed by atoms with E-state index in [-0.39, 0.29) is 5.82 Å². The van der Waals surface area contributed by atoms with Crippen LogP contribution in [0, 0.1) is 18.7 Å². The third-order valence-electron chi connectivity index (χ3n) is 3.18. The summed E-state index contributed by atoms with van der Waals surface area (Å²) >= 11 is 0. The molecule has 96 valence electrons. The Kier molecular flexibility index (Phi) is 5.42. The number of halogens is 1. The number of hydrogen-bond acceptors (Lipinski definition) is 2. The third kappa shape index (κ3) is 4.00. The average molecular weight is 238 g/mol. The van der Waals surface area contributed by atoms with E-state index in [2.05, 4.69) is 24.2 Å². The average Bonchev–Trinajstić information content (AvgIpc) is 2.31. The Morgan fingerprint density at radius 2 is 2.12 bits per heavy atom. The van der Waals surface area contributed by atoms with Gasteiger partial charge in [0.2, 0.25) is 0 Å². The minimum atomic E-state index is -0.135. The van der Waals surface area contributed by atoms with E-state index in [1.54, 1.807) is 13.0 Å². The van der Waals surface area contributed by atoms with E-state index in [1.165, 1.54) is 0 Å². The Morgan fingerprint density at radius 1 is 1.41 bits per heavy atom. The van der Waals surface area contributed by atoms with E-state index >= 15 is 0 Å². The predicted molar refractivity (Wildman–Crippen MR) is 72.1 cm³/mol. The molecule has 0 bridgehead atoms. The molecule has 0 aliphatic heterocycles. The molecule has 1 aromatic carbocycles. The standard InChI is InChI=1S/C14H23FN2/c1-5-12(9-16-3)10-17(4)13-6-7-14(15)11(2)8-13/h6-8,12,16H,5,9-10H2,1-4H3. The summed E-state index contributed by atoms with van der Waals surface area (Å²) in [6.07, 6.45) is 1.14. The van der Waals surface area contributed by atoms with E-state index < -0.39 is 0 Å². The smallest absolute Gasteiger partial charge is 0.126 e. The molecule has 0 amide bonds. The number of hydrogen-bond donors (Lipinski definition) is 1. The van der Waals surface area contributed by atoms with Gasteiger partial charge in [0.05, 0.1) is 0 Å². The van der Waals surface area contributed by atoms with E-state index in [1.807, 2.05) is 19.2 Å². The highest BCUT2D eigenvalue weighted by Gasteiger charge is 2.10. The minimum Gasteiger partial charge on any atom is -0.374 e. The van der Waals surface area contributed by atoms with Crippen molar-refractivity contribution in [1.82, 2.24) is 5.32 Å². The summed E-state index contributed by atoms with van der Waals surface area (Å²) in [4.78, 5) is 2.19. The molecule has 0 aliphatic rings. The second-order valence-corrected chi connectivity index (χ2v) is 4.65. The summed E-state index contributed by atoms with van der Waals surface area (Å²) in [5, 5.41) is 3.21. The number of nitrogens with one attached hydrogen (secondary N) is 1. The first-order valence-corrected chi connectivity index (χ1v) is 6.20. The highest BCUT2D eigenvalue weighted by Crippen LogP contribution is 2.18. The van der Waals surface area contributed by atoms with Crippen molar-refractivity contribution in [3.63, 3.8) is 0 Å². The molecule has 3 heteroatoms. The van der Waals surface area contributed by atoms with Gasteiger partial charge in [0.15, 0.2) is 0 Å². The molecule has 0 aliphatic carbocycles. The summed E-state index contributed by atoms with van der Waals surface area (Å²) < 4.78 is 13.2. The van der Waals surface area contributed by atoms with E-state index in [4.69, 9.17) is 0 Å². The van der Waals surface area contributed by atoms with Crippen molar-refractivity contribution >= 4 is 5.69 Å². The highest BCUT2D eigenvalue weighted by atomic mass is 19.1. The second-order valence-electron chi connectivity index (χ2n) is 4.65. The number of nitrogens with zero attached hydrogens (tertiary/aromatic N) is 1. The molecule has 0 heterocycles. The number of anilines is 1. The predicted octanol–water partition coefficient (Wildman–Crippen LogP) is 2.82. The van der Waals surface area contributed by atoms with Crippen LogP contribution in [-0.2, 0) is 0 Å². The maximum absolute atomic E-state index is 13.2. The Balaban J connectivity index is 2.68. The Labute approximate surface area is 104 Å². The molecule has 0 fully saturated rings. The number of benzene rings is 1. The summed E-state index contributed by atoms with van der Waals surface area (Å²) in [6.45, 7) is 6.01. The molecule has 2 nitrogen and oxygen atoms in total. The van der Waals surface area contributed by atoms with Gasteiger partial charge in [-0.3, -0.25) is 0 Å². The van der Waals surface area contributed by atoms with Crippen LogP contribution in [0.2, 0.25) is 0 Å².